The molecule has 1 aliphatic heterocycles. The average Bonchev–Trinajstić information content (AvgIpc) is 3.12. The normalized spacial score (nSPS) is 12.0. The van der Waals surface area contributed by atoms with Crippen molar-refractivity contribution in [3.63, 3.8) is 0 Å². The van der Waals surface area contributed by atoms with Crippen LogP contribution in [0.3, 0.4) is 0 Å². The molecule has 0 saturated heterocycles. The molecule has 8 heteroatoms. The van der Waals surface area contributed by atoms with Gasteiger partial charge in [0.05, 0.1) is 0 Å². The monoisotopic (exact) mass is 396 g/mol. The summed E-state index contributed by atoms with van der Waals surface area (Å²) in [7, 11) is 0. The van der Waals surface area contributed by atoms with Crippen LogP contribution in [-0.2, 0) is 0 Å². The molecule has 0 radical (unpaired) electrons. The predicted octanol–water partition coefficient (Wildman–Crippen LogP) is 4.47. The first-order chi connectivity index (χ1) is 13.5. The lowest BCUT2D eigenvalue weighted by Crippen LogP contribution is -2.15. The van der Waals surface area contributed by atoms with Crippen LogP contribution in [0.25, 0.3) is 0 Å². The van der Waals surface area contributed by atoms with Crippen LogP contribution in [0.2, 0.25) is 5.02 Å². The van der Waals surface area contributed by atoms with Crippen molar-refractivity contribution >= 4 is 34.7 Å². The minimum Gasteiger partial charge on any atom is -0.454 e. The van der Waals surface area contributed by atoms with Gasteiger partial charge in [0.15, 0.2) is 11.5 Å². The molecule has 7 nitrogen and oxygen atoms in total. The number of nitrogens with zero attached hydrogens (tertiary/aromatic N) is 2. The largest absolute Gasteiger partial charge is 0.454 e. The number of halogens is 1. The van der Waals surface area contributed by atoms with Crippen LogP contribution < -0.4 is 20.1 Å². The maximum absolute atomic E-state index is 12.6. The van der Waals surface area contributed by atoms with Crippen molar-refractivity contribution in [2.75, 3.05) is 17.4 Å². The number of anilines is 3. The van der Waals surface area contributed by atoms with Gasteiger partial charge in [-0.1, -0.05) is 17.7 Å². The number of aromatic nitrogens is 2. The molecule has 4 rings (SSSR count). The highest BCUT2D eigenvalue weighted by Gasteiger charge is 2.16. The number of aryl methyl sites for hydroxylation is 2. The summed E-state index contributed by atoms with van der Waals surface area (Å²) in [4.78, 5) is 21.2. The summed E-state index contributed by atoms with van der Waals surface area (Å²) in [5.41, 5.74) is 2.59. The van der Waals surface area contributed by atoms with Crippen molar-refractivity contribution in [3.05, 3.63) is 64.6 Å². The van der Waals surface area contributed by atoms with Gasteiger partial charge in [-0.2, -0.15) is 0 Å². The molecule has 0 fully saturated rings. The summed E-state index contributed by atoms with van der Waals surface area (Å²) in [5, 5.41) is 6.61. The van der Waals surface area contributed by atoms with Crippen LogP contribution in [-0.4, -0.2) is 22.7 Å². The number of ether oxygens (including phenoxy) is 2. The van der Waals surface area contributed by atoms with E-state index in [2.05, 4.69) is 20.6 Å². The SMILES string of the molecule is Cc1nc(Nc2ccc(C)c(Cl)c2)cc(C(=O)Nc2ccc3c(c2)OCO3)n1. The molecule has 1 aliphatic rings. The Bertz CT molecular complexity index is 1070. The second-order valence-electron chi connectivity index (χ2n) is 6.30. The van der Waals surface area contributed by atoms with Gasteiger partial charge in [-0.15, -0.1) is 0 Å². The van der Waals surface area contributed by atoms with Gasteiger partial charge in [-0.05, 0) is 43.7 Å². The van der Waals surface area contributed by atoms with Gasteiger partial charge >= 0.3 is 0 Å². The van der Waals surface area contributed by atoms with Gasteiger partial charge in [0.1, 0.15) is 17.3 Å². The van der Waals surface area contributed by atoms with E-state index in [1.165, 1.54) is 0 Å². The molecule has 28 heavy (non-hydrogen) atoms. The number of hydrogen-bond donors (Lipinski definition) is 2. The molecule has 3 aromatic rings. The van der Waals surface area contributed by atoms with Crippen molar-refractivity contribution in [1.29, 1.82) is 0 Å². The molecule has 2 heterocycles. The highest BCUT2D eigenvalue weighted by atomic mass is 35.5. The van der Waals surface area contributed by atoms with E-state index in [0.29, 0.717) is 33.9 Å². The fourth-order valence-corrected chi connectivity index (χ4v) is 2.92. The third-order valence-electron chi connectivity index (χ3n) is 4.15. The number of benzene rings is 2. The molecule has 0 aliphatic carbocycles. The Labute approximate surface area is 166 Å². The summed E-state index contributed by atoms with van der Waals surface area (Å²) >= 11 is 6.17. The topological polar surface area (TPSA) is 85.4 Å². The molecule has 0 unspecified atom stereocenters. The van der Waals surface area contributed by atoms with Crippen molar-refractivity contribution < 1.29 is 14.3 Å². The second kappa shape index (κ2) is 7.36. The first kappa shape index (κ1) is 18.1. The summed E-state index contributed by atoms with van der Waals surface area (Å²) < 4.78 is 10.6. The Morgan fingerprint density at radius 2 is 1.79 bits per heavy atom. The molecule has 0 spiro atoms. The highest BCUT2D eigenvalue weighted by Crippen LogP contribution is 2.34. The molecule has 2 N–H and O–H groups in total. The first-order valence-electron chi connectivity index (χ1n) is 8.58. The van der Waals surface area contributed by atoms with E-state index in [0.717, 1.165) is 11.3 Å². The Morgan fingerprint density at radius 1 is 1.00 bits per heavy atom. The van der Waals surface area contributed by atoms with Crippen molar-refractivity contribution in [1.82, 2.24) is 9.97 Å². The standard InChI is InChI=1S/C20H17ClN4O3/c1-11-3-4-13(7-15(11)21)24-19-9-16(22-12(2)23-19)20(26)25-14-5-6-17-18(8-14)28-10-27-17/h3-9H,10H2,1-2H3,(H,25,26)(H,22,23,24). The minimum absolute atomic E-state index is 0.176. The Hall–Kier alpha value is -3.32. The lowest BCUT2D eigenvalue weighted by atomic mass is 10.2. The van der Waals surface area contributed by atoms with Gasteiger partial charge in [0.25, 0.3) is 5.91 Å². The number of hydrogen-bond acceptors (Lipinski definition) is 6. The van der Waals surface area contributed by atoms with E-state index in [1.807, 2.05) is 19.1 Å². The summed E-state index contributed by atoms with van der Waals surface area (Å²) in [6.45, 7) is 3.83. The van der Waals surface area contributed by atoms with E-state index < -0.39 is 0 Å². The van der Waals surface area contributed by atoms with E-state index in [9.17, 15) is 4.79 Å². The molecule has 0 bridgehead atoms. The number of carbonyl (C=O) groups is 1. The van der Waals surface area contributed by atoms with E-state index in [-0.39, 0.29) is 18.4 Å². The zero-order valence-corrected chi connectivity index (χ0v) is 16.0. The Kier molecular flexibility index (Phi) is 4.75. The van der Waals surface area contributed by atoms with Gasteiger partial charge in [-0.25, -0.2) is 9.97 Å². The Balaban J connectivity index is 1.54. The first-order valence-corrected chi connectivity index (χ1v) is 8.95. The molecular weight excluding hydrogens is 380 g/mol. The third-order valence-corrected chi connectivity index (χ3v) is 4.55. The smallest absolute Gasteiger partial charge is 0.274 e. The molecule has 0 saturated carbocycles. The van der Waals surface area contributed by atoms with Crippen LogP contribution in [0.15, 0.2) is 42.5 Å². The maximum Gasteiger partial charge on any atom is 0.274 e. The van der Waals surface area contributed by atoms with Gasteiger partial charge in [-0.3, -0.25) is 4.79 Å². The maximum atomic E-state index is 12.6. The van der Waals surface area contributed by atoms with E-state index in [1.54, 1.807) is 37.3 Å². The fraction of sp³-hybridized carbons (Fsp3) is 0.150. The van der Waals surface area contributed by atoms with Gasteiger partial charge in [0, 0.05) is 28.5 Å². The number of rotatable bonds is 4. The van der Waals surface area contributed by atoms with Crippen LogP contribution in [0.5, 0.6) is 11.5 Å². The zero-order chi connectivity index (χ0) is 19.7. The van der Waals surface area contributed by atoms with Crippen molar-refractivity contribution in [2.45, 2.75) is 13.8 Å². The Morgan fingerprint density at radius 3 is 2.61 bits per heavy atom. The lowest BCUT2D eigenvalue weighted by molar-refractivity contribution is 0.102. The summed E-state index contributed by atoms with van der Waals surface area (Å²) in [6.07, 6.45) is 0. The third kappa shape index (κ3) is 3.84. The molecule has 0 atom stereocenters. The summed E-state index contributed by atoms with van der Waals surface area (Å²) in [6, 6.07) is 12.4. The quantitative estimate of drug-likeness (QED) is 0.676. The second-order valence-corrected chi connectivity index (χ2v) is 6.70. The van der Waals surface area contributed by atoms with E-state index >= 15 is 0 Å². The molecule has 142 valence electrons. The molecule has 2 aromatic carbocycles. The van der Waals surface area contributed by atoms with E-state index in [4.69, 9.17) is 21.1 Å². The van der Waals surface area contributed by atoms with Crippen molar-refractivity contribution in [3.8, 4) is 11.5 Å². The molecular formula is C20H17ClN4O3. The number of nitrogens with one attached hydrogen (secondary N) is 2. The van der Waals surface area contributed by atoms with Crippen molar-refractivity contribution in [2.24, 2.45) is 0 Å². The number of amides is 1. The predicted molar refractivity (Wildman–Crippen MR) is 107 cm³/mol. The highest BCUT2D eigenvalue weighted by molar-refractivity contribution is 6.31. The van der Waals surface area contributed by atoms with Crippen LogP contribution in [0.1, 0.15) is 21.9 Å². The van der Waals surface area contributed by atoms with Gasteiger partial charge in [0.2, 0.25) is 6.79 Å². The minimum atomic E-state index is -0.352. The number of carbonyl (C=O) groups excluding carboxylic acids is 1. The summed E-state index contributed by atoms with van der Waals surface area (Å²) in [5.74, 6) is 1.87. The average molecular weight is 397 g/mol. The van der Waals surface area contributed by atoms with Gasteiger partial charge < -0.3 is 20.1 Å². The molecule has 1 amide bonds. The molecule has 1 aromatic heterocycles. The lowest BCUT2D eigenvalue weighted by Gasteiger charge is -2.10. The zero-order valence-electron chi connectivity index (χ0n) is 15.2. The van der Waals surface area contributed by atoms with Crippen LogP contribution in [0.4, 0.5) is 17.2 Å². The number of fused-ring (bicyclic) bond motifs is 1. The van der Waals surface area contributed by atoms with Crippen LogP contribution >= 0.6 is 11.6 Å². The fourth-order valence-electron chi connectivity index (χ4n) is 2.74. The van der Waals surface area contributed by atoms with Crippen LogP contribution in [0, 0.1) is 13.8 Å².